The number of nitrogens with one attached hydrogen (secondary N) is 3. The summed E-state index contributed by atoms with van der Waals surface area (Å²) in [4.78, 5) is 27.7. The summed E-state index contributed by atoms with van der Waals surface area (Å²) in [6.45, 7) is 2.11. The third-order valence-corrected chi connectivity index (χ3v) is 4.58. The van der Waals surface area contributed by atoms with Crippen LogP contribution in [0, 0.1) is 0 Å². The fourth-order valence-electron chi connectivity index (χ4n) is 3.21. The van der Waals surface area contributed by atoms with E-state index in [2.05, 4.69) is 27.0 Å². The molecule has 0 aliphatic heterocycles. The van der Waals surface area contributed by atoms with Gasteiger partial charge in [-0.1, -0.05) is 17.7 Å². The molecule has 0 radical (unpaired) electrons. The van der Waals surface area contributed by atoms with Gasteiger partial charge in [0.1, 0.15) is 5.69 Å². The van der Waals surface area contributed by atoms with Gasteiger partial charge in [0.15, 0.2) is 0 Å². The molecular weight excluding hydrogens is 352 g/mol. The van der Waals surface area contributed by atoms with E-state index in [0.29, 0.717) is 12.2 Å². The lowest BCUT2D eigenvalue weighted by molar-refractivity contribution is -0.114. The van der Waals surface area contributed by atoms with Crippen LogP contribution in [0.3, 0.4) is 0 Å². The van der Waals surface area contributed by atoms with Crippen LogP contribution in [0.2, 0.25) is 0 Å². The summed E-state index contributed by atoms with van der Waals surface area (Å²) in [5.41, 5.74) is 4.15. The molecule has 28 heavy (non-hydrogen) atoms. The molecule has 146 valence electrons. The molecule has 2 aromatic rings. The average Bonchev–Trinajstić information content (AvgIpc) is 2.69. The molecule has 6 heteroatoms. The van der Waals surface area contributed by atoms with E-state index in [4.69, 9.17) is 0 Å². The maximum absolute atomic E-state index is 12.2. The second-order valence-electron chi connectivity index (χ2n) is 6.93. The summed E-state index contributed by atoms with van der Waals surface area (Å²) in [7, 11) is 0. The SMILES string of the molecule is CC(=O)Nc1cccc(Nc2ccc(C(=O)NCCC3=CCCCC3)nc2)c1. The molecule has 6 nitrogen and oxygen atoms in total. The van der Waals surface area contributed by atoms with Crippen LogP contribution in [0.15, 0.2) is 54.2 Å². The van der Waals surface area contributed by atoms with Gasteiger partial charge in [-0.15, -0.1) is 0 Å². The van der Waals surface area contributed by atoms with Gasteiger partial charge in [-0.3, -0.25) is 9.59 Å². The van der Waals surface area contributed by atoms with Gasteiger partial charge in [-0.05, 0) is 62.4 Å². The Balaban J connectivity index is 1.52. The van der Waals surface area contributed by atoms with Crippen molar-refractivity contribution in [3.8, 4) is 0 Å². The van der Waals surface area contributed by atoms with Gasteiger partial charge in [0.2, 0.25) is 5.91 Å². The van der Waals surface area contributed by atoms with Crippen LogP contribution < -0.4 is 16.0 Å². The highest BCUT2D eigenvalue weighted by molar-refractivity contribution is 5.92. The molecule has 1 heterocycles. The first-order chi connectivity index (χ1) is 13.6. The number of benzene rings is 1. The number of carbonyl (C=O) groups is 2. The predicted molar refractivity (Wildman–Crippen MR) is 112 cm³/mol. The Hall–Kier alpha value is -3.15. The maximum Gasteiger partial charge on any atom is 0.269 e. The lowest BCUT2D eigenvalue weighted by Gasteiger charge is -2.13. The topological polar surface area (TPSA) is 83.1 Å². The van der Waals surface area contributed by atoms with Crippen LogP contribution in [0.1, 0.15) is 49.5 Å². The summed E-state index contributed by atoms with van der Waals surface area (Å²) in [6, 6.07) is 10.9. The van der Waals surface area contributed by atoms with Gasteiger partial charge < -0.3 is 16.0 Å². The first-order valence-electron chi connectivity index (χ1n) is 9.67. The van der Waals surface area contributed by atoms with E-state index in [1.165, 1.54) is 25.3 Å². The van der Waals surface area contributed by atoms with E-state index in [9.17, 15) is 9.59 Å². The van der Waals surface area contributed by atoms with E-state index >= 15 is 0 Å². The molecule has 1 aromatic carbocycles. The monoisotopic (exact) mass is 378 g/mol. The number of hydrogen-bond donors (Lipinski definition) is 3. The van der Waals surface area contributed by atoms with Crippen molar-refractivity contribution in [2.75, 3.05) is 17.2 Å². The summed E-state index contributed by atoms with van der Waals surface area (Å²) in [5.74, 6) is -0.274. The molecule has 0 bridgehead atoms. The number of allylic oxidation sites excluding steroid dienone is 1. The van der Waals surface area contributed by atoms with E-state index in [1.54, 1.807) is 12.3 Å². The van der Waals surface area contributed by atoms with Crippen LogP contribution in [0.4, 0.5) is 17.1 Å². The Morgan fingerprint density at radius 3 is 2.64 bits per heavy atom. The minimum atomic E-state index is -0.157. The zero-order valence-corrected chi connectivity index (χ0v) is 16.1. The number of carbonyl (C=O) groups excluding carboxylic acids is 2. The molecule has 0 saturated carbocycles. The number of pyridine rings is 1. The van der Waals surface area contributed by atoms with Crippen LogP contribution in [0.25, 0.3) is 0 Å². The Labute approximate surface area is 165 Å². The third kappa shape index (κ3) is 5.94. The zero-order chi connectivity index (χ0) is 19.8. The standard InChI is InChI=1S/C22H26N4O2/c1-16(27)25-18-8-5-9-19(14-18)26-20-10-11-21(24-15-20)22(28)23-13-12-17-6-3-2-4-7-17/h5-6,8-11,14-15,26H,2-4,7,12-13H2,1H3,(H,23,28)(H,25,27). The van der Waals surface area contributed by atoms with Crippen molar-refractivity contribution < 1.29 is 9.59 Å². The molecule has 3 rings (SSSR count). The summed E-state index contributed by atoms with van der Waals surface area (Å²) >= 11 is 0. The van der Waals surface area contributed by atoms with E-state index < -0.39 is 0 Å². The first kappa shape index (κ1) is 19.6. The second kappa shape index (κ2) is 9.69. The highest BCUT2D eigenvalue weighted by Crippen LogP contribution is 2.20. The Morgan fingerprint density at radius 1 is 1.07 bits per heavy atom. The van der Waals surface area contributed by atoms with E-state index in [1.807, 2.05) is 30.3 Å². The normalized spacial score (nSPS) is 13.4. The van der Waals surface area contributed by atoms with E-state index in [0.717, 1.165) is 36.3 Å². The molecule has 2 amide bonds. The fraction of sp³-hybridized carbons (Fsp3) is 0.318. The van der Waals surface area contributed by atoms with E-state index in [-0.39, 0.29) is 11.8 Å². The van der Waals surface area contributed by atoms with Gasteiger partial charge in [0, 0.05) is 24.8 Å². The minimum absolute atomic E-state index is 0.117. The van der Waals surface area contributed by atoms with Gasteiger partial charge in [-0.2, -0.15) is 0 Å². The molecule has 1 aromatic heterocycles. The lowest BCUT2D eigenvalue weighted by atomic mass is 9.97. The smallest absolute Gasteiger partial charge is 0.269 e. The molecule has 0 atom stereocenters. The molecule has 3 N–H and O–H groups in total. The van der Waals surface area contributed by atoms with Gasteiger partial charge >= 0.3 is 0 Å². The Kier molecular flexibility index (Phi) is 6.78. The quantitative estimate of drug-likeness (QED) is 0.624. The van der Waals surface area contributed by atoms with Crippen molar-refractivity contribution in [2.45, 2.75) is 39.0 Å². The fourth-order valence-corrected chi connectivity index (χ4v) is 3.21. The molecule has 0 spiro atoms. The van der Waals surface area contributed by atoms with Crippen molar-refractivity contribution >= 4 is 28.9 Å². The van der Waals surface area contributed by atoms with Crippen molar-refractivity contribution in [3.63, 3.8) is 0 Å². The van der Waals surface area contributed by atoms with Gasteiger partial charge in [0.05, 0.1) is 11.9 Å². The summed E-state index contributed by atoms with van der Waals surface area (Å²) in [6.07, 6.45) is 9.68. The molecule has 0 fully saturated rings. The Bertz CT molecular complexity index is 859. The summed E-state index contributed by atoms with van der Waals surface area (Å²) < 4.78 is 0. The van der Waals surface area contributed by atoms with Crippen LogP contribution in [0.5, 0.6) is 0 Å². The zero-order valence-electron chi connectivity index (χ0n) is 16.1. The number of anilines is 3. The van der Waals surface area contributed by atoms with Crippen molar-refractivity contribution in [2.24, 2.45) is 0 Å². The number of amides is 2. The largest absolute Gasteiger partial charge is 0.354 e. The predicted octanol–water partition coefficient (Wildman–Crippen LogP) is 4.40. The van der Waals surface area contributed by atoms with Crippen molar-refractivity contribution in [1.82, 2.24) is 10.3 Å². The number of aromatic nitrogens is 1. The maximum atomic E-state index is 12.2. The van der Waals surface area contributed by atoms with Crippen LogP contribution in [-0.4, -0.2) is 23.3 Å². The lowest BCUT2D eigenvalue weighted by Crippen LogP contribution is -2.25. The molecule has 0 unspecified atom stereocenters. The highest BCUT2D eigenvalue weighted by atomic mass is 16.2. The molecule has 1 aliphatic rings. The third-order valence-electron chi connectivity index (χ3n) is 4.58. The molecule has 1 aliphatic carbocycles. The first-order valence-corrected chi connectivity index (χ1v) is 9.67. The van der Waals surface area contributed by atoms with Gasteiger partial charge in [0.25, 0.3) is 5.91 Å². The molecular formula is C22H26N4O2. The number of rotatable bonds is 7. The minimum Gasteiger partial charge on any atom is -0.354 e. The van der Waals surface area contributed by atoms with Crippen LogP contribution >= 0.6 is 0 Å². The average molecular weight is 378 g/mol. The van der Waals surface area contributed by atoms with Crippen LogP contribution in [-0.2, 0) is 4.79 Å². The Morgan fingerprint density at radius 2 is 1.93 bits per heavy atom. The number of nitrogens with zero attached hydrogens (tertiary/aromatic N) is 1. The van der Waals surface area contributed by atoms with Crippen molar-refractivity contribution in [1.29, 1.82) is 0 Å². The number of hydrogen-bond acceptors (Lipinski definition) is 4. The highest BCUT2D eigenvalue weighted by Gasteiger charge is 2.08. The van der Waals surface area contributed by atoms with Crippen molar-refractivity contribution in [3.05, 3.63) is 59.9 Å². The molecule has 0 saturated heterocycles. The second-order valence-corrected chi connectivity index (χ2v) is 6.93. The van der Waals surface area contributed by atoms with Gasteiger partial charge in [-0.25, -0.2) is 4.98 Å². The summed E-state index contributed by atoms with van der Waals surface area (Å²) in [5, 5.41) is 8.90.